The second-order valence-corrected chi connectivity index (χ2v) is 6.51. The third-order valence-corrected chi connectivity index (χ3v) is 4.26. The smallest absolute Gasteiger partial charge is 0.187 e. The van der Waals surface area contributed by atoms with Gasteiger partial charge in [-0.25, -0.2) is 0 Å². The Morgan fingerprint density at radius 3 is 2.91 bits per heavy atom. The third kappa shape index (κ3) is 6.00. The van der Waals surface area contributed by atoms with E-state index in [1.54, 1.807) is 4.90 Å². The Hall–Kier alpha value is -1.02. The summed E-state index contributed by atoms with van der Waals surface area (Å²) in [5.74, 6) is 0. The topological polar surface area (TPSA) is 50.1 Å². The molecule has 7 heteroatoms. The number of nitrogens with one attached hydrogen (secondary N) is 3. The molecule has 120 valence electrons. The molecule has 0 saturated carbocycles. The fraction of sp³-hybridized carbons (Fsp3) is 0.467. The van der Waals surface area contributed by atoms with E-state index >= 15 is 0 Å². The first-order valence-corrected chi connectivity index (χ1v) is 8.60. The second-order valence-electron chi connectivity index (χ2n) is 5.19. The van der Waals surface area contributed by atoms with Gasteiger partial charge in [-0.05, 0) is 36.8 Å². The van der Waals surface area contributed by atoms with Crippen LogP contribution < -0.4 is 15.6 Å². The summed E-state index contributed by atoms with van der Waals surface area (Å²) in [4.78, 5) is 1.55. The summed E-state index contributed by atoms with van der Waals surface area (Å²) in [6, 6.07) is 8.02. The molecule has 22 heavy (non-hydrogen) atoms. The zero-order valence-corrected chi connectivity index (χ0v) is 15.1. The van der Waals surface area contributed by atoms with Crippen molar-refractivity contribution in [1.29, 1.82) is 0 Å². The maximum atomic E-state index is 5.34. The molecular formula is C15H22BrN4OS+. The van der Waals surface area contributed by atoms with E-state index in [1.165, 1.54) is 0 Å². The van der Waals surface area contributed by atoms with Crippen LogP contribution >= 0.6 is 28.1 Å². The summed E-state index contributed by atoms with van der Waals surface area (Å²) in [5.41, 5.74) is 4.85. The fourth-order valence-electron chi connectivity index (χ4n) is 2.22. The fourth-order valence-corrected chi connectivity index (χ4v) is 2.76. The van der Waals surface area contributed by atoms with E-state index in [9.17, 15) is 0 Å². The van der Waals surface area contributed by atoms with E-state index < -0.39 is 0 Å². The molecule has 1 aliphatic heterocycles. The zero-order chi connectivity index (χ0) is 15.8. The van der Waals surface area contributed by atoms with Crippen molar-refractivity contribution in [3.8, 4) is 0 Å². The Bertz CT molecular complexity index is 532. The van der Waals surface area contributed by atoms with Crippen molar-refractivity contribution in [2.75, 3.05) is 39.4 Å². The summed E-state index contributed by atoms with van der Waals surface area (Å²) in [6.45, 7) is 7.69. The van der Waals surface area contributed by atoms with Crippen LogP contribution in [-0.4, -0.2) is 50.2 Å². The predicted molar refractivity (Wildman–Crippen MR) is 96.5 cm³/mol. The summed E-state index contributed by atoms with van der Waals surface area (Å²) >= 11 is 8.70. The number of hydrazone groups is 1. The van der Waals surface area contributed by atoms with Crippen molar-refractivity contribution >= 4 is 39.0 Å². The summed E-state index contributed by atoms with van der Waals surface area (Å²) < 4.78 is 6.38. The first kappa shape index (κ1) is 17.3. The molecule has 1 aromatic carbocycles. The Morgan fingerprint density at radius 2 is 2.18 bits per heavy atom. The Balaban J connectivity index is 1.71. The van der Waals surface area contributed by atoms with Crippen LogP contribution in [0.3, 0.4) is 0 Å². The van der Waals surface area contributed by atoms with Crippen molar-refractivity contribution in [3.63, 3.8) is 0 Å². The molecule has 0 atom stereocenters. The Morgan fingerprint density at radius 1 is 1.41 bits per heavy atom. The number of thiocarbonyl (C=S) groups is 1. The number of morpholine rings is 1. The molecular weight excluding hydrogens is 364 g/mol. The molecule has 0 aromatic heterocycles. The van der Waals surface area contributed by atoms with E-state index in [1.807, 2.05) is 31.2 Å². The first-order valence-electron chi connectivity index (χ1n) is 7.40. The number of nitrogens with zero attached hydrogens (tertiary/aromatic N) is 1. The van der Waals surface area contributed by atoms with Gasteiger partial charge in [0, 0.05) is 4.47 Å². The largest absolute Gasteiger partial charge is 0.370 e. The molecule has 1 aromatic rings. The number of hydrogen-bond donors (Lipinski definition) is 3. The van der Waals surface area contributed by atoms with Crippen LogP contribution in [-0.2, 0) is 4.74 Å². The molecule has 1 aliphatic rings. The Labute approximate surface area is 145 Å². The maximum absolute atomic E-state index is 5.34. The van der Waals surface area contributed by atoms with Crippen LogP contribution in [0.5, 0.6) is 0 Å². The van der Waals surface area contributed by atoms with E-state index in [4.69, 9.17) is 17.0 Å². The lowest BCUT2D eigenvalue weighted by Gasteiger charge is -2.23. The van der Waals surface area contributed by atoms with Gasteiger partial charge >= 0.3 is 0 Å². The molecule has 0 amide bonds. The molecule has 0 aliphatic carbocycles. The summed E-state index contributed by atoms with van der Waals surface area (Å²) in [6.07, 6.45) is 0. The van der Waals surface area contributed by atoms with Gasteiger partial charge in [-0.2, -0.15) is 5.10 Å². The van der Waals surface area contributed by atoms with Crippen molar-refractivity contribution in [2.24, 2.45) is 5.10 Å². The monoisotopic (exact) mass is 385 g/mol. The zero-order valence-electron chi connectivity index (χ0n) is 12.7. The van der Waals surface area contributed by atoms with Crippen molar-refractivity contribution in [1.82, 2.24) is 10.7 Å². The van der Waals surface area contributed by atoms with Gasteiger partial charge < -0.3 is 15.0 Å². The number of rotatable bonds is 5. The average Bonchev–Trinajstić information content (AvgIpc) is 2.53. The minimum absolute atomic E-state index is 0.557. The van der Waals surface area contributed by atoms with Gasteiger partial charge in [0.25, 0.3) is 0 Å². The van der Waals surface area contributed by atoms with Crippen LogP contribution in [0.4, 0.5) is 0 Å². The number of halogens is 1. The highest BCUT2D eigenvalue weighted by Gasteiger charge is 2.12. The standard InChI is InChI=1S/C15H21BrN4OS/c1-12(13-3-2-4-14(16)11-13)18-19-15(22)17-5-6-20-7-9-21-10-8-20/h2-4,11H,5-10H2,1H3,(H2,17,19,22)/p+1/b18-12-. The minimum Gasteiger partial charge on any atom is -0.370 e. The van der Waals surface area contributed by atoms with Gasteiger partial charge in [-0.15, -0.1) is 0 Å². The van der Waals surface area contributed by atoms with E-state index in [2.05, 4.69) is 31.8 Å². The van der Waals surface area contributed by atoms with Gasteiger partial charge in [-0.3, -0.25) is 5.43 Å². The highest BCUT2D eigenvalue weighted by molar-refractivity contribution is 9.10. The molecule has 0 radical (unpaired) electrons. The summed E-state index contributed by atoms with van der Waals surface area (Å²) in [5, 5.41) is 8.06. The number of hydrogen-bond acceptors (Lipinski definition) is 3. The highest BCUT2D eigenvalue weighted by Crippen LogP contribution is 2.12. The van der Waals surface area contributed by atoms with E-state index in [0.717, 1.165) is 55.1 Å². The van der Waals surface area contributed by atoms with Crippen LogP contribution in [0.15, 0.2) is 33.8 Å². The van der Waals surface area contributed by atoms with Crippen LogP contribution in [0.1, 0.15) is 12.5 Å². The number of benzene rings is 1. The lowest BCUT2D eigenvalue weighted by molar-refractivity contribution is -0.906. The van der Waals surface area contributed by atoms with E-state index in [0.29, 0.717) is 5.11 Å². The number of ether oxygens (including phenoxy) is 1. The van der Waals surface area contributed by atoms with Crippen LogP contribution in [0.2, 0.25) is 0 Å². The van der Waals surface area contributed by atoms with Crippen molar-refractivity contribution in [2.45, 2.75) is 6.92 Å². The quantitative estimate of drug-likeness (QED) is 0.393. The molecule has 2 rings (SSSR count). The van der Waals surface area contributed by atoms with Crippen molar-refractivity contribution < 1.29 is 9.64 Å². The molecule has 1 saturated heterocycles. The SMILES string of the molecule is C/C(=N/NC(=S)NCC[NH+]1CCOCC1)c1cccc(Br)c1. The normalized spacial score (nSPS) is 16.4. The molecule has 1 fully saturated rings. The molecule has 3 N–H and O–H groups in total. The lowest BCUT2D eigenvalue weighted by Crippen LogP contribution is -3.14. The highest BCUT2D eigenvalue weighted by atomic mass is 79.9. The molecule has 0 unspecified atom stereocenters. The molecule has 0 bridgehead atoms. The van der Waals surface area contributed by atoms with E-state index in [-0.39, 0.29) is 0 Å². The molecule has 1 heterocycles. The van der Waals surface area contributed by atoms with Crippen LogP contribution in [0, 0.1) is 0 Å². The van der Waals surface area contributed by atoms with Gasteiger partial charge in [0.1, 0.15) is 13.1 Å². The van der Waals surface area contributed by atoms with Gasteiger partial charge in [0.2, 0.25) is 0 Å². The first-order chi connectivity index (χ1) is 10.6. The summed E-state index contributed by atoms with van der Waals surface area (Å²) in [7, 11) is 0. The van der Waals surface area contributed by atoms with Gasteiger partial charge in [0.05, 0.1) is 32.0 Å². The Kier molecular flexibility index (Phi) is 7.24. The maximum Gasteiger partial charge on any atom is 0.187 e. The van der Waals surface area contributed by atoms with Gasteiger partial charge in [-0.1, -0.05) is 28.1 Å². The average molecular weight is 386 g/mol. The van der Waals surface area contributed by atoms with Crippen LogP contribution in [0.25, 0.3) is 0 Å². The molecule has 5 nitrogen and oxygen atoms in total. The lowest BCUT2D eigenvalue weighted by atomic mass is 10.1. The number of quaternary nitrogens is 1. The third-order valence-electron chi connectivity index (χ3n) is 3.53. The second kappa shape index (κ2) is 9.19. The van der Waals surface area contributed by atoms with Gasteiger partial charge in [0.15, 0.2) is 5.11 Å². The molecule has 0 spiro atoms. The van der Waals surface area contributed by atoms with Crippen molar-refractivity contribution in [3.05, 3.63) is 34.3 Å². The predicted octanol–water partition coefficient (Wildman–Crippen LogP) is 0.552. The minimum atomic E-state index is 0.557.